The summed E-state index contributed by atoms with van der Waals surface area (Å²) in [6.45, 7) is 4.17. The molecule has 4 nitrogen and oxygen atoms in total. The third-order valence-electron chi connectivity index (χ3n) is 10.2. The Balaban J connectivity index is 1.15. The first-order valence-electron chi connectivity index (χ1n) is 17.3. The second-order valence-corrected chi connectivity index (χ2v) is 13.1. The van der Waals surface area contributed by atoms with Crippen molar-refractivity contribution in [1.82, 2.24) is 4.98 Å². The van der Waals surface area contributed by atoms with Crippen LogP contribution in [0.2, 0.25) is 0 Å². The average Bonchev–Trinajstić information content (AvgIpc) is 3.86. The molecule has 0 spiro atoms. The minimum absolute atomic E-state index is 0.649. The molecule has 51 heavy (non-hydrogen) atoms. The third kappa shape index (κ3) is 4.57. The Hall–Kier alpha value is -6.65. The quantitative estimate of drug-likeness (QED) is 0.179. The smallest absolute Gasteiger partial charge is 0.227 e. The Morgan fingerprint density at radius 1 is 0.569 bits per heavy atom. The van der Waals surface area contributed by atoms with Crippen LogP contribution < -0.4 is 4.90 Å². The van der Waals surface area contributed by atoms with Crippen molar-refractivity contribution in [3.63, 3.8) is 0 Å². The van der Waals surface area contributed by atoms with Crippen molar-refractivity contribution < 1.29 is 8.83 Å². The number of nitrogens with zero attached hydrogens (tertiary/aromatic N) is 2. The van der Waals surface area contributed by atoms with Gasteiger partial charge in [0, 0.05) is 49.6 Å². The van der Waals surface area contributed by atoms with E-state index in [9.17, 15) is 0 Å². The van der Waals surface area contributed by atoms with Crippen LogP contribution in [0.4, 0.5) is 17.1 Å². The number of para-hydroxylation sites is 1. The summed E-state index contributed by atoms with van der Waals surface area (Å²) >= 11 is 0. The molecule has 0 saturated carbocycles. The molecule has 7 aromatic carbocycles. The lowest BCUT2D eigenvalue weighted by molar-refractivity contribution is 0.589. The van der Waals surface area contributed by atoms with Gasteiger partial charge in [0.25, 0.3) is 0 Å². The monoisotopic (exact) mass is 656 g/mol. The van der Waals surface area contributed by atoms with Crippen LogP contribution in [0.5, 0.6) is 0 Å². The number of fused-ring (bicyclic) bond motifs is 6. The lowest BCUT2D eigenvalue weighted by Gasteiger charge is -2.27. The molecule has 0 aliphatic heterocycles. The fourth-order valence-corrected chi connectivity index (χ4v) is 7.73. The molecule has 1 aliphatic carbocycles. The van der Waals surface area contributed by atoms with Crippen LogP contribution in [0.3, 0.4) is 0 Å². The molecular weight excluding hydrogens is 625 g/mol. The molecule has 0 bridgehead atoms. The standard InChI is InChI=1S/C47H32N2O2/c1-3-11-30-14-9-16-35(29(30)2)47-48-45-38-18-10-17-37-41(26-25-39(44(37)38)46(45)51-47)49(33-22-20-32(21-23-33)31-12-5-4-6-13-31)34-24-27-43-40(28-34)36-15-7-8-19-42(36)50-43/h3-28H,1-2H3/b11-3-. The molecule has 2 aromatic heterocycles. The van der Waals surface area contributed by atoms with Gasteiger partial charge >= 0.3 is 0 Å². The van der Waals surface area contributed by atoms with Crippen molar-refractivity contribution in [1.29, 1.82) is 0 Å². The number of allylic oxidation sites excluding steroid dienone is 1. The van der Waals surface area contributed by atoms with Gasteiger partial charge in [0.1, 0.15) is 16.9 Å². The third-order valence-corrected chi connectivity index (χ3v) is 10.2. The number of benzene rings is 7. The molecule has 1 aliphatic rings. The largest absolute Gasteiger partial charge is 0.456 e. The van der Waals surface area contributed by atoms with Crippen LogP contribution in [0, 0.1) is 6.92 Å². The van der Waals surface area contributed by atoms with Crippen LogP contribution in [0.15, 0.2) is 161 Å². The van der Waals surface area contributed by atoms with Gasteiger partial charge in [-0.1, -0.05) is 103 Å². The molecule has 0 amide bonds. The van der Waals surface area contributed by atoms with Gasteiger partial charge in [-0.15, -0.1) is 0 Å². The predicted molar refractivity (Wildman–Crippen MR) is 211 cm³/mol. The number of furan rings is 1. The lowest BCUT2D eigenvalue weighted by atomic mass is 10.00. The van der Waals surface area contributed by atoms with Crippen molar-refractivity contribution in [2.75, 3.05) is 4.90 Å². The summed E-state index contributed by atoms with van der Waals surface area (Å²) in [5.74, 6) is 1.47. The fourth-order valence-electron chi connectivity index (χ4n) is 7.73. The van der Waals surface area contributed by atoms with Crippen molar-refractivity contribution in [2.24, 2.45) is 0 Å². The Morgan fingerprint density at radius 3 is 2.16 bits per heavy atom. The van der Waals surface area contributed by atoms with Gasteiger partial charge in [-0.3, -0.25) is 0 Å². The van der Waals surface area contributed by atoms with Gasteiger partial charge in [0.2, 0.25) is 5.89 Å². The Morgan fingerprint density at radius 2 is 1.29 bits per heavy atom. The molecule has 2 heterocycles. The van der Waals surface area contributed by atoms with E-state index in [1.165, 1.54) is 16.7 Å². The molecule has 0 N–H and O–H groups in total. The molecule has 0 radical (unpaired) electrons. The molecule has 4 heteroatoms. The van der Waals surface area contributed by atoms with E-state index in [2.05, 4.69) is 157 Å². The molecule has 0 fully saturated rings. The van der Waals surface area contributed by atoms with Crippen LogP contribution in [-0.4, -0.2) is 4.98 Å². The number of rotatable bonds is 6. The summed E-state index contributed by atoms with van der Waals surface area (Å²) in [7, 11) is 0. The maximum atomic E-state index is 6.64. The molecule has 242 valence electrons. The van der Waals surface area contributed by atoms with Gasteiger partial charge in [-0.25, -0.2) is 4.98 Å². The second kappa shape index (κ2) is 11.5. The topological polar surface area (TPSA) is 42.4 Å². The minimum Gasteiger partial charge on any atom is -0.456 e. The van der Waals surface area contributed by atoms with Crippen LogP contribution in [-0.2, 0) is 0 Å². The summed E-state index contributed by atoms with van der Waals surface area (Å²) in [5.41, 5.74) is 13.7. The SMILES string of the molecule is C/C=C\c1cccc(-c2nc3c(o2)-c2ccc(N(c4ccc(-c5ccccc5)cc4)c4ccc5oc6ccccc6c5c4)c4cccc-3c24)c1C. The number of oxazole rings is 1. The first-order chi connectivity index (χ1) is 25.2. The van der Waals surface area contributed by atoms with Crippen molar-refractivity contribution >= 4 is 55.8 Å². The molecule has 9 aromatic rings. The summed E-state index contributed by atoms with van der Waals surface area (Å²) in [6.07, 6.45) is 4.19. The second-order valence-electron chi connectivity index (χ2n) is 13.1. The number of hydrogen-bond donors (Lipinski definition) is 0. The van der Waals surface area contributed by atoms with E-state index in [1.54, 1.807) is 0 Å². The normalized spacial score (nSPS) is 12.0. The molecule has 0 saturated heterocycles. The number of hydrogen-bond acceptors (Lipinski definition) is 4. The van der Waals surface area contributed by atoms with Crippen LogP contribution >= 0.6 is 0 Å². The maximum Gasteiger partial charge on any atom is 0.227 e. The van der Waals surface area contributed by atoms with E-state index < -0.39 is 0 Å². The minimum atomic E-state index is 0.649. The van der Waals surface area contributed by atoms with E-state index >= 15 is 0 Å². The fraction of sp³-hybridized carbons (Fsp3) is 0.0426. The van der Waals surface area contributed by atoms with E-state index in [1.807, 2.05) is 19.1 Å². The highest BCUT2D eigenvalue weighted by atomic mass is 16.4. The summed E-state index contributed by atoms with van der Waals surface area (Å²) in [6, 6.07) is 51.3. The highest BCUT2D eigenvalue weighted by Crippen LogP contribution is 2.52. The zero-order valence-electron chi connectivity index (χ0n) is 28.2. The van der Waals surface area contributed by atoms with E-state index in [0.717, 1.165) is 83.5 Å². The predicted octanol–water partition coefficient (Wildman–Crippen LogP) is 13.5. The zero-order chi connectivity index (χ0) is 34.1. The van der Waals surface area contributed by atoms with Crippen LogP contribution in [0.25, 0.3) is 83.9 Å². The van der Waals surface area contributed by atoms with Crippen LogP contribution in [0.1, 0.15) is 18.1 Å². The molecule has 0 atom stereocenters. The van der Waals surface area contributed by atoms with Crippen molar-refractivity contribution in [3.8, 4) is 45.2 Å². The van der Waals surface area contributed by atoms with Crippen molar-refractivity contribution in [3.05, 3.63) is 163 Å². The first-order valence-corrected chi connectivity index (χ1v) is 17.3. The highest BCUT2D eigenvalue weighted by molar-refractivity contribution is 6.18. The average molecular weight is 657 g/mol. The molecule has 0 unspecified atom stereocenters. The number of aromatic nitrogens is 1. The van der Waals surface area contributed by atoms with Gasteiger partial charge in [0.15, 0.2) is 5.76 Å². The Kier molecular flexibility index (Phi) is 6.58. The zero-order valence-corrected chi connectivity index (χ0v) is 28.2. The maximum absolute atomic E-state index is 6.64. The van der Waals surface area contributed by atoms with Gasteiger partial charge in [-0.05, 0) is 90.7 Å². The van der Waals surface area contributed by atoms with E-state index in [4.69, 9.17) is 13.8 Å². The Labute approximate surface area is 295 Å². The molecule has 10 rings (SSSR count). The summed E-state index contributed by atoms with van der Waals surface area (Å²) < 4.78 is 12.9. The van der Waals surface area contributed by atoms with Gasteiger partial charge < -0.3 is 13.7 Å². The van der Waals surface area contributed by atoms with Gasteiger partial charge in [-0.2, -0.15) is 0 Å². The number of anilines is 3. The lowest BCUT2D eigenvalue weighted by Crippen LogP contribution is -2.10. The van der Waals surface area contributed by atoms with Gasteiger partial charge in [0.05, 0.1) is 5.69 Å². The van der Waals surface area contributed by atoms with E-state index in [-0.39, 0.29) is 0 Å². The highest BCUT2D eigenvalue weighted by Gasteiger charge is 2.30. The summed E-state index contributed by atoms with van der Waals surface area (Å²) in [4.78, 5) is 7.49. The molecular formula is C47H32N2O2. The first kappa shape index (κ1) is 29.3. The van der Waals surface area contributed by atoms with E-state index in [0.29, 0.717) is 5.89 Å². The summed E-state index contributed by atoms with van der Waals surface area (Å²) in [5, 5.41) is 4.48. The Bertz CT molecular complexity index is 2790. The van der Waals surface area contributed by atoms with Crippen molar-refractivity contribution in [2.45, 2.75) is 13.8 Å².